The minimum absolute atomic E-state index is 0.464. The Hall–Kier alpha value is -0.0400. The van der Waals surface area contributed by atoms with Gasteiger partial charge in [0.15, 0.2) is 0 Å². The zero-order valence-corrected chi connectivity index (χ0v) is 10.1. The summed E-state index contributed by atoms with van der Waals surface area (Å²) in [4.78, 5) is 0. The number of nitrogens with two attached hydrogens (primary N) is 1. The van der Waals surface area contributed by atoms with Gasteiger partial charge < -0.3 is 5.73 Å². The van der Waals surface area contributed by atoms with Gasteiger partial charge in [0.2, 0.25) is 0 Å². The number of rotatable bonds is 2. The van der Waals surface area contributed by atoms with Gasteiger partial charge in [-0.1, -0.05) is 27.7 Å². The van der Waals surface area contributed by atoms with Crippen LogP contribution >= 0.6 is 0 Å². The van der Waals surface area contributed by atoms with Crippen molar-refractivity contribution < 1.29 is 0 Å². The Balaban J connectivity index is 2.39. The van der Waals surface area contributed by atoms with Gasteiger partial charge in [-0.2, -0.15) is 0 Å². The van der Waals surface area contributed by atoms with Crippen molar-refractivity contribution in [3.8, 4) is 0 Å². The zero-order valence-electron chi connectivity index (χ0n) is 10.1. The fourth-order valence-corrected chi connectivity index (χ4v) is 4.87. The molecule has 2 saturated carbocycles. The highest BCUT2D eigenvalue weighted by molar-refractivity contribution is 5.15. The van der Waals surface area contributed by atoms with E-state index in [4.69, 9.17) is 5.73 Å². The molecule has 0 spiro atoms. The molecule has 2 fully saturated rings. The largest absolute Gasteiger partial charge is 0.327 e. The maximum absolute atomic E-state index is 6.50. The third-order valence-corrected chi connectivity index (χ3v) is 5.73. The summed E-state index contributed by atoms with van der Waals surface area (Å²) in [5.41, 5.74) is 7.47. The molecule has 0 aliphatic heterocycles. The van der Waals surface area contributed by atoms with Crippen molar-refractivity contribution in [1.82, 2.24) is 0 Å². The molecule has 14 heavy (non-hydrogen) atoms. The molecule has 0 amide bonds. The molecule has 1 nitrogen and oxygen atoms in total. The van der Waals surface area contributed by atoms with E-state index in [2.05, 4.69) is 27.7 Å². The van der Waals surface area contributed by atoms with Gasteiger partial charge in [-0.05, 0) is 48.3 Å². The summed E-state index contributed by atoms with van der Waals surface area (Å²) in [7, 11) is 0. The number of hydrogen-bond acceptors (Lipinski definition) is 1. The van der Waals surface area contributed by atoms with Crippen LogP contribution in [0.1, 0.15) is 53.4 Å². The van der Waals surface area contributed by atoms with E-state index in [0.717, 1.165) is 11.8 Å². The van der Waals surface area contributed by atoms with Crippen molar-refractivity contribution in [3.63, 3.8) is 0 Å². The van der Waals surface area contributed by atoms with Gasteiger partial charge in [-0.3, -0.25) is 0 Å². The van der Waals surface area contributed by atoms with E-state index in [0.29, 0.717) is 16.9 Å². The molecule has 0 radical (unpaired) electrons. The van der Waals surface area contributed by atoms with Gasteiger partial charge in [-0.25, -0.2) is 0 Å². The van der Waals surface area contributed by atoms with Crippen LogP contribution in [0.25, 0.3) is 0 Å². The number of hydrogen-bond donors (Lipinski definition) is 1. The lowest BCUT2D eigenvalue weighted by molar-refractivity contribution is 0.100. The molecule has 2 bridgehead atoms. The van der Waals surface area contributed by atoms with E-state index in [1.54, 1.807) is 0 Å². The van der Waals surface area contributed by atoms with Gasteiger partial charge in [0.25, 0.3) is 0 Å². The highest BCUT2D eigenvalue weighted by Crippen LogP contribution is 2.67. The fraction of sp³-hybridized carbons (Fsp3) is 1.00. The normalized spacial score (nSPS) is 43.1. The van der Waals surface area contributed by atoms with Gasteiger partial charge in [0.05, 0.1) is 0 Å². The molecule has 1 heteroatoms. The third kappa shape index (κ3) is 0.946. The van der Waals surface area contributed by atoms with Crippen LogP contribution < -0.4 is 5.73 Å². The van der Waals surface area contributed by atoms with E-state index in [1.807, 2.05) is 0 Å². The molecule has 0 heterocycles. The molecule has 2 N–H and O–H groups in total. The summed E-state index contributed by atoms with van der Waals surface area (Å²) in [6.45, 7) is 9.56. The van der Waals surface area contributed by atoms with Crippen LogP contribution in [0.3, 0.4) is 0 Å². The van der Waals surface area contributed by atoms with Crippen molar-refractivity contribution in [3.05, 3.63) is 0 Å². The van der Waals surface area contributed by atoms with E-state index in [-0.39, 0.29) is 0 Å². The van der Waals surface area contributed by atoms with Crippen LogP contribution in [-0.2, 0) is 0 Å². The molecule has 2 aliphatic carbocycles. The number of fused-ring (bicyclic) bond motifs is 2. The lowest BCUT2D eigenvalue weighted by atomic mass is 9.65. The smallest absolute Gasteiger partial charge is 0.0132 e. The van der Waals surface area contributed by atoms with Crippen LogP contribution in [0.2, 0.25) is 0 Å². The van der Waals surface area contributed by atoms with Crippen LogP contribution in [0.15, 0.2) is 0 Å². The molecule has 0 aromatic carbocycles. The van der Waals surface area contributed by atoms with Crippen molar-refractivity contribution in [1.29, 1.82) is 0 Å². The average molecular weight is 195 g/mol. The Morgan fingerprint density at radius 2 is 1.71 bits per heavy atom. The quantitative estimate of drug-likeness (QED) is 0.719. The molecule has 2 rings (SSSR count). The maximum Gasteiger partial charge on any atom is 0.0132 e. The Morgan fingerprint density at radius 3 is 2.00 bits per heavy atom. The molecule has 0 aromatic heterocycles. The first kappa shape index (κ1) is 10.5. The molecular weight excluding hydrogens is 170 g/mol. The van der Waals surface area contributed by atoms with E-state index >= 15 is 0 Å². The highest BCUT2D eigenvalue weighted by Gasteiger charge is 2.63. The molecule has 3 atom stereocenters. The minimum atomic E-state index is 0.464. The van der Waals surface area contributed by atoms with Crippen LogP contribution in [-0.4, -0.2) is 6.04 Å². The average Bonchev–Trinajstić information content (AvgIpc) is 2.53. The van der Waals surface area contributed by atoms with Gasteiger partial charge in [0.1, 0.15) is 0 Å². The predicted molar refractivity (Wildman–Crippen MR) is 61.0 cm³/mol. The Labute approximate surface area is 88.4 Å². The predicted octanol–water partition coefficient (Wildman–Crippen LogP) is 3.19. The Bertz CT molecular complexity index is 227. The van der Waals surface area contributed by atoms with Crippen LogP contribution in [0.5, 0.6) is 0 Å². The highest BCUT2D eigenvalue weighted by atomic mass is 14.8. The second kappa shape index (κ2) is 2.98. The van der Waals surface area contributed by atoms with Crippen molar-refractivity contribution in [2.45, 2.75) is 59.4 Å². The lowest BCUT2D eigenvalue weighted by Gasteiger charge is -2.41. The van der Waals surface area contributed by atoms with Crippen LogP contribution in [0, 0.1) is 22.7 Å². The van der Waals surface area contributed by atoms with Crippen LogP contribution in [0.4, 0.5) is 0 Å². The van der Waals surface area contributed by atoms with Crippen molar-refractivity contribution in [2.75, 3.05) is 0 Å². The van der Waals surface area contributed by atoms with Gasteiger partial charge in [0, 0.05) is 6.04 Å². The molecule has 0 saturated heterocycles. The lowest BCUT2D eigenvalue weighted by Crippen LogP contribution is -2.45. The molecule has 0 aromatic rings. The molecular formula is C13H25N. The van der Waals surface area contributed by atoms with Gasteiger partial charge in [-0.15, -0.1) is 0 Å². The summed E-state index contributed by atoms with van der Waals surface area (Å²) in [5.74, 6) is 1.66. The first-order valence-electron chi connectivity index (χ1n) is 6.26. The van der Waals surface area contributed by atoms with E-state index in [1.165, 1.54) is 25.7 Å². The Morgan fingerprint density at radius 1 is 1.14 bits per heavy atom. The standard InChI is InChI=1S/C13H25N/c1-5-13(6-2)10-8-7-9(11(13)14)12(10,3)4/h9-11H,5-8,14H2,1-4H3/t9?,10?,11-/m1/s1. The topological polar surface area (TPSA) is 26.0 Å². The first-order valence-corrected chi connectivity index (χ1v) is 6.26. The minimum Gasteiger partial charge on any atom is -0.327 e. The van der Waals surface area contributed by atoms with E-state index < -0.39 is 0 Å². The summed E-state index contributed by atoms with van der Waals surface area (Å²) in [5, 5.41) is 0. The monoisotopic (exact) mass is 195 g/mol. The third-order valence-electron chi connectivity index (χ3n) is 5.73. The molecule has 2 unspecified atom stereocenters. The summed E-state index contributed by atoms with van der Waals surface area (Å²) in [6.07, 6.45) is 5.35. The summed E-state index contributed by atoms with van der Waals surface area (Å²) in [6, 6.07) is 0.464. The zero-order chi connectivity index (χ0) is 10.6. The van der Waals surface area contributed by atoms with Gasteiger partial charge >= 0.3 is 0 Å². The first-order chi connectivity index (χ1) is 6.50. The second-order valence-corrected chi connectivity index (χ2v) is 6.02. The fourth-order valence-electron chi connectivity index (χ4n) is 4.87. The van der Waals surface area contributed by atoms with Crippen molar-refractivity contribution in [2.24, 2.45) is 28.4 Å². The molecule has 2 aliphatic rings. The van der Waals surface area contributed by atoms with E-state index in [9.17, 15) is 0 Å². The maximum atomic E-state index is 6.50. The second-order valence-electron chi connectivity index (χ2n) is 6.02. The van der Waals surface area contributed by atoms with Crippen molar-refractivity contribution >= 4 is 0 Å². The SMILES string of the molecule is CCC1(CC)C2CCC([C@H]1N)C2(C)C. The summed E-state index contributed by atoms with van der Waals surface area (Å²) >= 11 is 0. The Kier molecular flexibility index (Phi) is 2.23. The molecule has 82 valence electrons. The summed E-state index contributed by atoms with van der Waals surface area (Å²) < 4.78 is 0.